The molecule has 0 aromatic heterocycles. The number of rotatable bonds is 6. The molecule has 1 aromatic rings. The van der Waals surface area contributed by atoms with Crippen molar-refractivity contribution < 1.29 is 14.3 Å². The van der Waals surface area contributed by atoms with Crippen LogP contribution >= 0.6 is 0 Å². The van der Waals surface area contributed by atoms with E-state index in [1.807, 2.05) is 4.90 Å². The first kappa shape index (κ1) is 18.2. The molecule has 1 heterocycles. The minimum Gasteiger partial charge on any atom is -0.385 e. The van der Waals surface area contributed by atoms with Gasteiger partial charge in [0.15, 0.2) is 0 Å². The quantitative estimate of drug-likeness (QED) is 0.814. The molecule has 1 aromatic carbocycles. The van der Waals surface area contributed by atoms with Crippen molar-refractivity contribution in [1.82, 2.24) is 4.90 Å². The van der Waals surface area contributed by atoms with Crippen LogP contribution < -0.4 is 5.73 Å². The van der Waals surface area contributed by atoms with Gasteiger partial charge in [0, 0.05) is 38.4 Å². The van der Waals surface area contributed by atoms with E-state index in [0.29, 0.717) is 11.5 Å². The van der Waals surface area contributed by atoms with Crippen LogP contribution in [0.4, 0.5) is 0 Å². The lowest BCUT2D eigenvalue weighted by molar-refractivity contribution is -0.126. The Morgan fingerprint density at radius 3 is 2.71 bits per heavy atom. The van der Waals surface area contributed by atoms with Gasteiger partial charge in [0.1, 0.15) is 0 Å². The second kappa shape index (κ2) is 9.23. The van der Waals surface area contributed by atoms with Crippen molar-refractivity contribution >= 4 is 17.9 Å². The van der Waals surface area contributed by atoms with Gasteiger partial charge >= 0.3 is 0 Å². The molecule has 2 rings (SSSR count). The number of methoxy groups -OCH3 is 1. The highest BCUT2D eigenvalue weighted by atomic mass is 16.5. The lowest BCUT2D eigenvalue weighted by Gasteiger charge is -2.23. The first-order valence-corrected chi connectivity index (χ1v) is 8.46. The number of likely N-dealkylation sites (tertiary alicyclic amines) is 1. The first-order valence-electron chi connectivity index (χ1n) is 8.46. The fraction of sp³-hybridized carbons (Fsp3) is 0.474. The van der Waals surface area contributed by atoms with Gasteiger partial charge in [-0.3, -0.25) is 9.59 Å². The van der Waals surface area contributed by atoms with Crippen LogP contribution in [0.5, 0.6) is 0 Å². The summed E-state index contributed by atoms with van der Waals surface area (Å²) in [5, 5.41) is 0. The van der Waals surface area contributed by atoms with Crippen LogP contribution in [0, 0.1) is 5.92 Å². The smallest absolute Gasteiger partial charge is 0.248 e. The van der Waals surface area contributed by atoms with Crippen LogP contribution in [0.15, 0.2) is 30.3 Å². The Balaban J connectivity index is 1.95. The van der Waals surface area contributed by atoms with Gasteiger partial charge < -0.3 is 15.4 Å². The topological polar surface area (TPSA) is 72.6 Å². The Kier molecular flexibility index (Phi) is 7.00. The number of benzene rings is 1. The summed E-state index contributed by atoms with van der Waals surface area (Å²) in [6.45, 7) is 2.36. The van der Waals surface area contributed by atoms with Gasteiger partial charge in [-0.2, -0.15) is 0 Å². The van der Waals surface area contributed by atoms with Crippen LogP contribution in [0.3, 0.4) is 0 Å². The zero-order valence-corrected chi connectivity index (χ0v) is 14.2. The van der Waals surface area contributed by atoms with Crippen molar-refractivity contribution in [3.05, 3.63) is 41.5 Å². The number of primary amides is 1. The zero-order chi connectivity index (χ0) is 17.4. The molecule has 0 bridgehead atoms. The van der Waals surface area contributed by atoms with Gasteiger partial charge in [-0.1, -0.05) is 18.6 Å². The lowest BCUT2D eigenvalue weighted by Crippen LogP contribution is -2.33. The third-order valence-corrected chi connectivity index (χ3v) is 4.42. The third kappa shape index (κ3) is 5.49. The molecule has 0 radical (unpaired) electrons. The Morgan fingerprint density at radius 1 is 1.29 bits per heavy atom. The first-order chi connectivity index (χ1) is 11.6. The van der Waals surface area contributed by atoms with Crippen LogP contribution in [0.1, 0.15) is 41.6 Å². The van der Waals surface area contributed by atoms with Crippen LogP contribution in [-0.4, -0.2) is 43.5 Å². The highest BCUT2D eigenvalue weighted by Gasteiger charge is 2.20. The average Bonchev–Trinajstić information content (AvgIpc) is 2.84. The fourth-order valence-corrected chi connectivity index (χ4v) is 2.98. The Labute approximate surface area is 143 Å². The molecular formula is C19H26N2O3. The van der Waals surface area contributed by atoms with Gasteiger partial charge in [-0.15, -0.1) is 0 Å². The van der Waals surface area contributed by atoms with Crippen molar-refractivity contribution in [1.29, 1.82) is 0 Å². The molecule has 1 aliphatic rings. The summed E-state index contributed by atoms with van der Waals surface area (Å²) < 4.78 is 5.16. The van der Waals surface area contributed by atoms with Gasteiger partial charge in [-0.05, 0) is 49.0 Å². The van der Waals surface area contributed by atoms with E-state index in [-0.39, 0.29) is 5.91 Å². The van der Waals surface area contributed by atoms with Gasteiger partial charge in [0.25, 0.3) is 0 Å². The van der Waals surface area contributed by atoms with Crippen LogP contribution in [0.25, 0.3) is 6.08 Å². The van der Waals surface area contributed by atoms with Crippen molar-refractivity contribution in [2.75, 3.05) is 26.8 Å². The van der Waals surface area contributed by atoms with Crippen molar-refractivity contribution in [3.63, 3.8) is 0 Å². The summed E-state index contributed by atoms with van der Waals surface area (Å²) >= 11 is 0. The molecule has 2 N–H and O–H groups in total. The molecule has 0 aliphatic carbocycles. The van der Waals surface area contributed by atoms with E-state index in [0.717, 1.165) is 50.9 Å². The van der Waals surface area contributed by atoms with Gasteiger partial charge in [-0.25, -0.2) is 0 Å². The summed E-state index contributed by atoms with van der Waals surface area (Å²) in [6.07, 6.45) is 7.76. The maximum Gasteiger partial charge on any atom is 0.248 e. The van der Waals surface area contributed by atoms with Crippen molar-refractivity contribution in [3.8, 4) is 0 Å². The molecule has 130 valence electrons. The standard InChI is InChI=1S/C19H26N2O3/c1-24-13-11-16-4-2-3-12-21(14-16)18(22)10-7-15-5-8-17(9-6-15)19(20)23/h5-10,16H,2-4,11-14H2,1H3,(H2,20,23)/b10-7+. The normalized spacial score (nSPS) is 18.5. The average molecular weight is 330 g/mol. The molecule has 1 fully saturated rings. The molecule has 5 nitrogen and oxygen atoms in total. The third-order valence-electron chi connectivity index (χ3n) is 4.42. The van der Waals surface area contributed by atoms with E-state index in [1.165, 1.54) is 0 Å². The monoisotopic (exact) mass is 330 g/mol. The SMILES string of the molecule is COCCC1CCCCN(C(=O)/C=C/c2ccc(C(N)=O)cc2)C1. The van der Waals surface area contributed by atoms with Gasteiger partial charge in [0.05, 0.1) is 0 Å². The molecule has 0 spiro atoms. The molecule has 1 aliphatic heterocycles. The number of hydrogen-bond acceptors (Lipinski definition) is 3. The predicted molar refractivity (Wildman–Crippen MR) is 94.4 cm³/mol. The Morgan fingerprint density at radius 2 is 2.04 bits per heavy atom. The number of amides is 2. The summed E-state index contributed by atoms with van der Waals surface area (Å²) in [7, 11) is 1.71. The number of carbonyl (C=O) groups excluding carboxylic acids is 2. The number of nitrogens with zero attached hydrogens (tertiary/aromatic N) is 1. The Bertz CT molecular complexity index is 581. The number of ether oxygens (including phenoxy) is 1. The Hall–Kier alpha value is -2.14. The minimum absolute atomic E-state index is 0.0401. The van der Waals surface area contributed by atoms with E-state index in [4.69, 9.17) is 10.5 Å². The van der Waals surface area contributed by atoms with Crippen molar-refractivity contribution in [2.24, 2.45) is 11.7 Å². The molecule has 1 saturated heterocycles. The van der Waals surface area contributed by atoms with E-state index in [2.05, 4.69) is 0 Å². The number of carbonyl (C=O) groups is 2. The summed E-state index contributed by atoms with van der Waals surface area (Å²) in [4.78, 5) is 25.4. The van der Waals surface area contributed by atoms with E-state index >= 15 is 0 Å². The maximum atomic E-state index is 12.5. The van der Waals surface area contributed by atoms with Gasteiger partial charge in [0.2, 0.25) is 11.8 Å². The molecule has 1 atom stereocenters. The highest BCUT2D eigenvalue weighted by molar-refractivity contribution is 5.94. The zero-order valence-electron chi connectivity index (χ0n) is 14.2. The van der Waals surface area contributed by atoms with E-state index in [1.54, 1.807) is 43.5 Å². The molecule has 2 amide bonds. The lowest BCUT2D eigenvalue weighted by atomic mass is 10.00. The maximum absolute atomic E-state index is 12.5. The predicted octanol–water partition coefficient (Wildman–Crippen LogP) is 2.46. The minimum atomic E-state index is -0.451. The van der Waals surface area contributed by atoms with Crippen molar-refractivity contribution in [2.45, 2.75) is 25.7 Å². The van der Waals surface area contributed by atoms with E-state index < -0.39 is 5.91 Å². The summed E-state index contributed by atoms with van der Waals surface area (Å²) in [6, 6.07) is 6.90. The highest BCUT2D eigenvalue weighted by Crippen LogP contribution is 2.20. The molecule has 24 heavy (non-hydrogen) atoms. The van der Waals surface area contributed by atoms with E-state index in [9.17, 15) is 9.59 Å². The number of nitrogens with two attached hydrogens (primary N) is 1. The second-order valence-electron chi connectivity index (χ2n) is 6.25. The summed E-state index contributed by atoms with van der Waals surface area (Å²) in [5.74, 6) is 0.103. The molecule has 1 unspecified atom stereocenters. The largest absolute Gasteiger partial charge is 0.385 e. The van der Waals surface area contributed by atoms with Crippen LogP contribution in [0.2, 0.25) is 0 Å². The molecular weight excluding hydrogens is 304 g/mol. The fourth-order valence-electron chi connectivity index (χ4n) is 2.98. The second-order valence-corrected chi connectivity index (χ2v) is 6.25. The molecule has 0 saturated carbocycles. The summed E-state index contributed by atoms with van der Waals surface area (Å²) in [5.41, 5.74) is 6.56. The molecule has 5 heteroatoms. The number of hydrogen-bond donors (Lipinski definition) is 1. The van der Waals surface area contributed by atoms with Crippen LogP contribution in [-0.2, 0) is 9.53 Å².